The van der Waals surface area contributed by atoms with Gasteiger partial charge in [0.15, 0.2) is 0 Å². The van der Waals surface area contributed by atoms with Crippen LogP contribution in [0.25, 0.3) is 0 Å². The van der Waals surface area contributed by atoms with E-state index in [4.69, 9.17) is 10.8 Å². The van der Waals surface area contributed by atoms with Crippen molar-refractivity contribution in [1.82, 2.24) is 0 Å². The largest absolute Gasteiger partial charge is 0.481 e. The fourth-order valence-electron chi connectivity index (χ4n) is 1.65. The number of carboxylic acids is 1. The highest BCUT2D eigenvalue weighted by Gasteiger charge is 2.13. The predicted molar refractivity (Wildman–Crippen MR) is 69.6 cm³/mol. The van der Waals surface area contributed by atoms with Crippen LogP contribution in [0.4, 0.5) is 5.69 Å². The number of benzene rings is 1. The van der Waals surface area contributed by atoms with E-state index in [-0.39, 0.29) is 24.7 Å². The second-order valence-electron chi connectivity index (χ2n) is 4.40. The fraction of sp³-hybridized carbons (Fsp3) is 0.308. The van der Waals surface area contributed by atoms with Gasteiger partial charge in [-0.3, -0.25) is 14.4 Å². The van der Waals surface area contributed by atoms with Crippen molar-refractivity contribution in [2.75, 3.05) is 5.32 Å². The summed E-state index contributed by atoms with van der Waals surface area (Å²) in [7, 11) is 0. The van der Waals surface area contributed by atoms with Crippen LogP contribution >= 0.6 is 0 Å². The molecule has 4 N–H and O–H groups in total. The number of nitrogens with one attached hydrogen (secondary N) is 1. The van der Waals surface area contributed by atoms with Gasteiger partial charge in [-0.1, -0.05) is 13.0 Å². The SMILES string of the molecule is CC(CC(=O)O)CC(=O)Nc1cccc(C(N)=O)c1. The summed E-state index contributed by atoms with van der Waals surface area (Å²) < 4.78 is 0. The number of aliphatic carboxylic acids is 1. The second-order valence-corrected chi connectivity index (χ2v) is 4.40. The summed E-state index contributed by atoms with van der Waals surface area (Å²) in [5.74, 6) is -2.06. The Hall–Kier alpha value is -2.37. The lowest BCUT2D eigenvalue weighted by Crippen LogP contribution is -2.17. The van der Waals surface area contributed by atoms with Gasteiger partial charge < -0.3 is 16.2 Å². The first kappa shape index (κ1) is 14.7. The molecular weight excluding hydrogens is 248 g/mol. The Kier molecular flexibility index (Phi) is 5.05. The minimum absolute atomic E-state index is 0.0608. The minimum atomic E-state index is -0.934. The zero-order chi connectivity index (χ0) is 14.4. The van der Waals surface area contributed by atoms with Gasteiger partial charge in [0.05, 0.1) is 0 Å². The van der Waals surface area contributed by atoms with Crippen LogP contribution in [0.5, 0.6) is 0 Å². The van der Waals surface area contributed by atoms with E-state index in [0.717, 1.165) is 0 Å². The summed E-state index contributed by atoms with van der Waals surface area (Å²) >= 11 is 0. The highest BCUT2D eigenvalue weighted by atomic mass is 16.4. The molecule has 2 amide bonds. The molecule has 0 radical (unpaired) electrons. The molecule has 0 saturated heterocycles. The zero-order valence-corrected chi connectivity index (χ0v) is 10.6. The number of carbonyl (C=O) groups is 3. The maximum Gasteiger partial charge on any atom is 0.303 e. The molecule has 0 heterocycles. The smallest absolute Gasteiger partial charge is 0.303 e. The van der Waals surface area contributed by atoms with E-state index in [2.05, 4.69) is 5.32 Å². The topological polar surface area (TPSA) is 109 Å². The molecule has 0 aliphatic heterocycles. The second kappa shape index (κ2) is 6.53. The molecule has 19 heavy (non-hydrogen) atoms. The van der Waals surface area contributed by atoms with Crippen LogP contribution in [0.1, 0.15) is 30.1 Å². The van der Waals surface area contributed by atoms with E-state index in [1.54, 1.807) is 25.1 Å². The Morgan fingerprint density at radius 2 is 2.00 bits per heavy atom. The van der Waals surface area contributed by atoms with Gasteiger partial charge in [-0.15, -0.1) is 0 Å². The van der Waals surface area contributed by atoms with Crippen LogP contribution in [-0.2, 0) is 9.59 Å². The summed E-state index contributed by atoms with van der Waals surface area (Å²) in [4.78, 5) is 33.1. The Labute approximate surface area is 110 Å². The zero-order valence-electron chi connectivity index (χ0n) is 10.6. The molecule has 0 spiro atoms. The first-order chi connectivity index (χ1) is 8.88. The van der Waals surface area contributed by atoms with E-state index in [0.29, 0.717) is 11.3 Å². The third-order valence-corrected chi connectivity index (χ3v) is 2.49. The lowest BCUT2D eigenvalue weighted by molar-refractivity contribution is -0.138. The first-order valence-electron chi connectivity index (χ1n) is 5.80. The molecule has 1 aromatic carbocycles. The number of amides is 2. The van der Waals surface area contributed by atoms with Crippen molar-refractivity contribution in [3.8, 4) is 0 Å². The normalized spacial score (nSPS) is 11.6. The quantitative estimate of drug-likeness (QED) is 0.717. The third kappa shape index (κ3) is 5.20. The van der Waals surface area contributed by atoms with Crippen molar-refractivity contribution >= 4 is 23.5 Å². The first-order valence-corrected chi connectivity index (χ1v) is 5.80. The molecule has 6 nitrogen and oxygen atoms in total. The number of primary amides is 1. The molecule has 6 heteroatoms. The number of carbonyl (C=O) groups excluding carboxylic acids is 2. The highest BCUT2D eigenvalue weighted by Crippen LogP contribution is 2.13. The van der Waals surface area contributed by atoms with Crippen LogP contribution in [0.3, 0.4) is 0 Å². The van der Waals surface area contributed by atoms with Crippen LogP contribution in [-0.4, -0.2) is 22.9 Å². The van der Waals surface area contributed by atoms with E-state index in [1.165, 1.54) is 6.07 Å². The molecule has 1 atom stereocenters. The number of rotatable bonds is 6. The Bertz CT molecular complexity index is 499. The van der Waals surface area contributed by atoms with Crippen molar-refractivity contribution < 1.29 is 19.5 Å². The van der Waals surface area contributed by atoms with Crippen molar-refractivity contribution in [1.29, 1.82) is 0 Å². The van der Waals surface area contributed by atoms with Crippen LogP contribution in [0.15, 0.2) is 24.3 Å². The number of carboxylic acid groups (broad SMARTS) is 1. The summed E-state index contributed by atoms with van der Waals surface area (Å²) in [6, 6.07) is 6.26. The lowest BCUT2D eigenvalue weighted by atomic mass is 10.0. The average molecular weight is 264 g/mol. The third-order valence-electron chi connectivity index (χ3n) is 2.49. The van der Waals surface area contributed by atoms with Crippen molar-refractivity contribution in [3.63, 3.8) is 0 Å². The van der Waals surface area contributed by atoms with Gasteiger partial charge in [0.2, 0.25) is 11.8 Å². The maximum absolute atomic E-state index is 11.7. The molecule has 0 aromatic heterocycles. The molecule has 0 bridgehead atoms. The predicted octanol–water partition coefficient (Wildman–Crippen LogP) is 1.22. The van der Waals surface area contributed by atoms with Crippen LogP contribution in [0, 0.1) is 5.92 Å². The van der Waals surface area contributed by atoms with Gasteiger partial charge >= 0.3 is 5.97 Å². The van der Waals surface area contributed by atoms with Crippen LogP contribution < -0.4 is 11.1 Å². The van der Waals surface area contributed by atoms with E-state index in [1.807, 2.05) is 0 Å². The van der Waals surface area contributed by atoms with Gasteiger partial charge in [-0.2, -0.15) is 0 Å². The Balaban J connectivity index is 2.59. The molecule has 0 aliphatic rings. The van der Waals surface area contributed by atoms with Gasteiger partial charge in [0, 0.05) is 24.1 Å². The minimum Gasteiger partial charge on any atom is -0.481 e. The van der Waals surface area contributed by atoms with Gasteiger partial charge in [0.25, 0.3) is 0 Å². The maximum atomic E-state index is 11.7. The van der Waals surface area contributed by atoms with E-state index < -0.39 is 11.9 Å². The molecule has 102 valence electrons. The monoisotopic (exact) mass is 264 g/mol. The van der Waals surface area contributed by atoms with E-state index in [9.17, 15) is 14.4 Å². The number of hydrogen-bond acceptors (Lipinski definition) is 3. The molecule has 1 aromatic rings. The Morgan fingerprint density at radius 3 is 2.58 bits per heavy atom. The van der Waals surface area contributed by atoms with Gasteiger partial charge in [-0.25, -0.2) is 0 Å². The summed E-state index contributed by atoms with van der Waals surface area (Å²) in [5, 5.41) is 11.2. The van der Waals surface area contributed by atoms with Crippen molar-refractivity contribution in [2.24, 2.45) is 11.7 Å². The summed E-state index contributed by atoms with van der Waals surface area (Å²) in [6.45, 7) is 1.69. The van der Waals surface area contributed by atoms with Crippen molar-refractivity contribution in [2.45, 2.75) is 19.8 Å². The standard InChI is InChI=1S/C13H16N2O4/c1-8(6-12(17)18)5-11(16)15-10-4-2-3-9(7-10)13(14)19/h2-4,7-8H,5-6H2,1H3,(H2,14,19)(H,15,16)(H,17,18). The molecular formula is C13H16N2O4. The molecule has 0 aliphatic carbocycles. The molecule has 1 rings (SSSR count). The van der Waals surface area contributed by atoms with E-state index >= 15 is 0 Å². The highest BCUT2D eigenvalue weighted by molar-refractivity contribution is 5.96. The molecule has 0 fully saturated rings. The Morgan fingerprint density at radius 1 is 1.32 bits per heavy atom. The van der Waals surface area contributed by atoms with Gasteiger partial charge in [0.1, 0.15) is 0 Å². The van der Waals surface area contributed by atoms with Crippen LogP contribution in [0.2, 0.25) is 0 Å². The number of anilines is 1. The molecule has 0 saturated carbocycles. The lowest BCUT2D eigenvalue weighted by Gasteiger charge is -2.09. The summed E-state index contributed by atoms with van der Waals surface area (Å²) in [6.07, 6.45) is 0.0435. The molecule has 1 unspecified atom stereocenters. The fourth-order valence-corrected chi connectivity index (χ4v) is 1.65. The number of hydrogen-bond donors (Lipinski definition) is 3. The van der Waals surface area contributed by atoms with Gasteiger partial charge in [-0.05, 0) is 24.1 Å². The number of nitrogens with two attached hydrogens (primary N) is 1. The summed E-state index contributed by atoms with van der Waals surface area (Å²) in [5.41, 5.74) is 5.90. The average Bonchev–Trinajstić information content (AvgIpc) is 2.27. The van der Waals surface area contributed by atoms with Crippen molar-refractivity contribution in [3.05, 3.63) is 29.8 Å².